The Kier molecular flexibility index (Phi) is 10.6. The van der Waals surface area contributed by atoms with Crippen LogP contribution < -0.4 is 9.62 Å². The van der Waals surface area contributed by atoms with Crippen molar-refractivity contribution in [1.29, 1.82) is 0 Å². The third kappa shape index (κ3) is 7.63. The molecule has 0 unspecified atom stereocenters. The molecule has 3 rings (SSSR count). The molecule has 3 aromatic rings. The minimum absolute atomic E-state index is 0.0221. The third-order valence-corrected chi connectivity index (χ3v) is 8.54. The van der Waals surface area contributed by atoms with Gasteiger partial charge in [0.25, 0.3) is 10.0 Å². The number of hydrogen-bond acceptors (Lipinski definition) is 4. The number of carbonyl (C=O) groups excluding carboxylic acids is 2. The molecule has 3 aromatic carbocycles. The zero-order valence-electron chi connectivity index (χ0n) is 21.2. The fourth-order valence-corrected chi connectivity index (χ4v) is 5.77. The molecule has 2 amide bonds. The molecule has 0 radical (unpaired) electrons. The van der Waals surface area contributed by atoms with Crippen molar-refractivity contribution in [3.63, 3.8) is 0 Å². The molecule has 0 aliphatic carbocycles. The normalized spacial score (nSPS) is 12.1. The van der Waals surface area contributed by atoms with Gasteiger partial charge in [0.05, 0.1) is 15.6 Å². The summed E-state index contributed by atoms with van der Waals surface area (Å²) >= 11 is 18.3. The Morgan fingerprint density at radius 2 is 1.67 bits per heavy atom. The highest BCUT2D eigenvalue weighted by Gasteiger charge is 2.33. The van der Waals surface area contributed by atoms with Gasteiger partial charge in [-0.25, -0.2) is 12.8 Å². The quantitative estimate of drug-likeness (QED) is 0.290. The van der Waals surface area contributed by atoms with E-state index >= 15 is 0 Å². The largest absolute Gasteiger partial charge is 0.354 e. The van der Waals surface area contributed by atoms with Crippen LogP contribution in [0, 0.1) is 5.82 Å². The molecule has 0 saturated heterocycles. The van der Waals surface area contributed by atoms with Crippen LogP contribution in [0.3, 0.4) is 0 Å². The first-order valence-electron chi connectivity index (χ1n) is 12.0. The number of amides is 2. The molecule has 0 aliphatic rings. The van der Waals surface area contributed by atoms with Crippen LogP contribution in [0.2, 0.25) is 15.1 Å². The SMILES string of the molecule is CCCNC(=O)[C@@H](C)N(Cc1ccc(Cl)cc1Cl)C(=O)CN(c1ccc(F)c(Cl)c1)S(=O)(=O)c1ccccc1. The molecule has 0 spiro atoms. The lowest BCUT2D eigenvalue weighted by atomic mass is 10.1. The fraction of sp³-hybridized carbons (Fsp3) is 0.259. The molecular weight excluding hydrogens is 588 g/mol. The van der Waals surface area contributed by atoms with Gasteiger partial charge in [0, 0.05) is 23.1 Å². The van der Waals surface area contributed by atoms with Crippen LogP contribution in [-0.4, -0.2) is 44.3 Å². The lowest BCUT2D eigenvalue weighted by molar-refractivity contribution is -0.139. The van der Waals surface area contributed by atoms with Gasteiger partial charge in [-0.1, -0.05) is 66.0 Å². The molecule has 0 saturated carbocycles. The summed E-state index contributed by atoms with van der Waals surface area (Å²) in [4.78, 5) is 27.9. The molecule has 0 bridgehead atoms. The van der Waals surface area contributed by atoms with Crippen LogP contribution in [0.5, 0.6) is 0 Å². The van der Waals surface area contributed by atoms with E-state index < -0.39 is 40.2 Å². The molecule has 12 heteroatoms. The highest BCUT2D eigenvalue weighted by atomic mass is 35.5. The van der Waals surface area contributed by atoms with Crippen molar-refractivity contribution in [3.8, 4) is 0 Å². The number of hydrogen-bond donors (Lipinski definition) is 1. The van der Waals surface area contributed by atoms with E-state index in [4.69, 9.17) is 34.8 Å². The predicted molar refractivity (Wildman–Crippen MR) is 152 cm³/mol. The first-order valence-corrected chi connectivity index (χ1v) is 14.6. The highest BCUT2D eigenvalue weighted by Crippen LogP contribution is 2.29. The molecule has 0 aliphatic heterocycles. The van der Waals surface area contributed by atoms with Crippen LogP contribution >= 0.6 is 34.8 Å². The maximum atomic E-state index is 13.9. The van der Waals surface area contributed by atoms with Crippen LogP contribution in [0.25, 0.3) is 0 Å². The minimum Gasteiger partial charge on any atom is -0.354 e. The van der Waals surface area contributed by atoms with Gasteiger partial charge in [0.2, 0.25) is 11.8 Å². The van der Waals surface area contributed by atoms with Crippen molar-refractivity contribution < 1.29 is 22.4 Å². The molecule has 208 valence electrons. The number of anilines is 1. The van der Waals surface area contributed by atoms with Gasteiger partial charge in [-0.15, -0.1) is 0 Å². The number of benzene rings is 3. The van der Waals surface area contributed by atoms with Crippen LogP contribution in [-0.2, 0) is 26.2 Å². The Hall–Kier alpha value is -2.85. The fourth-order valence-electron chi connectivity index (χ4n) is 3.70. The second kappa shape index (κ2) is 13.5. The molecule has 7 nitrogen and oxygen atoms in total. The lowest BCUT2D eigenvalue weighted by Crippen LogP contribution is -2.51. The smallest absolute Gasteiger partial charge is 0.264 e. The van der Waals surface area contributed by atoms with Crippen molar-refractivity contribution in [2.45, 2.75) is 37.8 Å². The second-order valence-electron chi connectivity index (χ2n) is 8.65. The average molecular weight is 615 g/mol. The van der Waals surface area contributed by atoms with E-state index in [0.29, 0.717) is 23.6 Å². The number of rotatable bonds is 11. The van der Waals surface area contributed by atoms with E-state index in [0.717, 1.165) is 16.4 Å². The first-order chi connectivity index (χ1) is 18.4. The minimum atomic E-state index is -4.30. The second-order valence-corrected chi connectivity index (χ2v) is 11.8. The van der Waals surface area contributed by atoms with Gasteiger partial charge in [-0.3, -0.25) is 13.9 Å². The van der Waals surface area contributed by atoms with Gasteiger partial charge in [-0.05, 0) is 61.4 Å². The van der Waals surface area contributed by atoms with Crippen LogP contribution in [0.4, 0.5) is 10.1 Å². The zero-order chi connectivity index (χ0) is 28.7. The maximum Gasteiger partial charge on any atom is 0.264 e. The number of halogens is 4. The van der Waals surface area contributed by atoms with E-state index in [1.54, 1.807) is 30.3 Å². The first kappa shape index (κ1) is 30.7. The third-order valence-electron chi connectivity index (χ3n) is 5.87. The monoisotopic (exact) mass is 613 g/mol. The summed E-state index contributed by atoms with van der Waals surface area (Å²) in [5, 5.41) is 3.11. The summed E-state index contributed by atoms with van der Waals surface area (Å²) in [6, 6.07) is 14.6. The van der Waals surface area contributed by atoms with E-state index in [1.165, 1.54) is 36.1 Å². The number of carbonyl (C=O) groups is 2. The van der Waals surface area contributed by atoms with Crippen molar-refractivity contribution in [2.75, 3.05) is 17.4 Å². The molecule has 0 aromatic heterocycles. The maximum absolute atomic E-state index is 13.9. The molecule has 0 heterocycles. The Labute approximate surface area is 242 Å². The molecular formula is C27H27Cl3FN3O4S. The summed E-state index contributed by atoms with van der Waals surface area (Å²) in [5.74, 6) is -1.86. The van der Waals surface area contributed by atoms with Crippen molar-refractivity contribution >= 4 is 62.3 Å². The Morgan fingerprint density at radius 3 is 2.28 bits per heavy atom. The molecule has 0 fully saturated rings. The van der Waals surface area contributed by atoms with E-state index in [9.17, 15) is 22.4 Å². The number of nitrogens with zero attached hydrogens (tertiary/aromatic N) is 2. The van der Waals surface area contributed by atoms with Gasteiger partial charge in [-0.2, -0.15) is 0 Å². The van der Waals surface area contributed by atoms with Gasteiger partial charge in [0.1, 0.15) is 18.4 Å². The van der Waals surface area contributed by atoms with Crippen molar-refractivity contribution in [3.05, 3.63) is 93.2 Å². The Bertz CT molecular complexity index is 1440. The lowest BCUT2D eigenvalue weighted by Gasteiger charge is -2.32. The van der Waals surface area contributed by atoms with Crippen LogP contribution in [0.15, 0.2) is 71.6 Å². The predicted octanol–water partition coefficient (Wildman–Crippen LogP) is 5.92. The van der Waals surface area contributed by atoms with Gasteiger partial charge >= 0.3 is 0 Å². The highest BCUT2D eigenvalue weighted by molar-refractivity contribution is 7.92. The zero-order valence-corrected chi connectivity index (χ0v) is 24.3. The number of sulfonamides is 1. The summed E-state index contributed by atoms with van der Waals surface area (Å²) in [7, 11) is -4.30. The van der Waals surface area contributed by atoms with Crippen molar-refractivity contribution in [2.24, 2.45) is 0 Å². The topological polar surface area (TPSA) is 86.8 Å². The molecule has 1 atom stereocenters. The summed E-state index contributed by atoms with van der Waals surface area (Å²) in [5.41, 5.74) is 0.484. The molecule has 1 N–H and O–H groups in total. The molecule has 39 heavy (non-hydrogen) atoms. The van der Waals surface area contributed by atoms with E-state index in [2.05, 4.69) is 5.32 Å². The van der Waals surface area contributed by atoms with Gasteiger partial charge in [0.15, 0.2) is 0 Å². The Morgan fingerprint density at radius 1 is 0.974 bits per heavy atom. The van der Waals surface area contributed by atoms with Crippen LogP contribution in [0.1, 0.15) is 25.8 Å². The summed E-state index contributed by atoms with van der Waals surface area (Å²) in [6.07, 6.45) is 0.684. The summed E-state index contributed by atoms with van der Waals surface area (Å²) < 4.78 is 42.1. The van der Waals surface area contributed by atoms with Gasteiger partial charge < -0.3 is 10.2 Å². The van der Waals surface area contributed by atoms with Crippen molar-refractivity contribution in [1.82, 2.24) is 10.2 Å². The standard InChI is InChI=1S/C27H27Cl3FN3O4S/c1-3-13-32-27(36)18(2)33(16-19-9-10-20(28)14-23(19)29)26(35)17-34(21-11-12-25(31)24(30)15-21)39(37,38)22-7-5-4-6-8-22/h4-12,14-15,18H,3,13,16-17H2,1-2H3,(H,32,36)/t18-/m1/s1. The average Bonchev–Trinajstić information content (AvgIpc) is 2.91. The number of nitrogens with one attached hydrogen (secondary N) is 1. The summed E-state index contributed by atoms with van der Waals surface area (Å²) in [6.45, 7) is 3.03. The van der Waals surface area contributed by atoms with E-state index in [-0.39, 0.29) is 27.2 Å². The van der Waals surface area contributed by atoms with E-state index in [1.807, 2.05) is 6.92 Å². The Balaban J connectivity index is 2.05.